The van der Waals surface area contributed by atoms with Crippen molar-refractivity contribution in [2.45, 2.75) is 58.9 Å². The van der Waals surface area contributed by atoms with E-state index in [0.717, 1.165) is 17.8 Å². The van der Waals surface area contributed by atoms with Crippen LogP contribution in [0.1, 0.15) is 51.8 Å². The summed E-state index contributed by atoms with van der Waals surface area (Å²) in [6, 6.07) is 4.49. The van der Waals surface area contributed by atoms with Gasteiger partial charge in [-0.1, -0.05) is 19.4 Å². The normalized spacial score (nSPS) is 28.5. The van der Waals surface area contributed by atoms with Gasteiger partial charge in [-0.25, -0.2) is 0 Å². The van der Waals surface area contributed by atoms with Crippen LogP contribution >= 0.6 is 11.3 Å². The van der Waals surface area contributed by atoms with Gasteiger partial charge in [0, 0.05) is 10.4 Å². The first-order valence-electron chi connectivity index (χ1n) is 7.71. The fraction of sp³-hybridized carbons (Fsp3) is 0.765. The van der Waals surface area contributed by atoms with Gasteiger partial charge in [0.25, 0.3) is 0 Å². The summed E-state index contributed by atoms with van der Waals surface area (Å²) in [5.41, 5.74) is 0.247. The molecule has 0 saturated heterocycles. The molecule has 2 heteroatoms. The van der Waals surface area contributed by atoms with Crippen molar-refractivity contribution in [1.29, 1.82) is 0 Å². The molecular weight excluding hydrogens is 250 g/mol. The number of rotatable bonds is 4. The summed E-state index contributed by atoms with van der Waals surface area (Å²) in [7, 11) is 0. The minimum atomic E-state index is 0.247. The van der Waals surface area contributed by atoms with Gasteiger partial charge < -0.3 is 5.32 Å². The van der Waals surface area contributed by atoms with Gasteiger partial charge in [0.15, 0.2) is 0 Å². The average molecular weight is 279 g/mol. The Bertz CT molecular complexity index is 363. The molecule has 0 aromatic carbocycles. The van der Waals surface area contributed by atoms with Crippen molar-refractivity contribution in [2.24, 2.45) is 17.8 Å². The van der Waals surface area contributed by atoms with Gasteiger partial charge in [0.1, 0.15) is 0 Å². The van der Waals surface area contributed by atoms with Gasteiger partial charge >= 0.3 is 0 Å². The third-order valence-electron chi connectivity index (χ3n) is 4.34. The number of hydrogen-bond acceptors (Lipinski definition) is 2. The van der Waals surface area contributed by atoms with Crippen LogP contribution in [0.4, 0.5) is 0 Å². The summed E-state index contributed by atoms with van der Waals surface area (Å²) in [4.78, 5) is 1.57. The lowest BCUT2D eigenvalue weighted by molar-refractivity contribution is 0.175. The van der Waals surface area contributed by atoms with Gasteiger partial charge in [0.05, 0.1) is 0 Å². The van der Waals surface area contributed by atoms with Crippen molar-refractivity contribution in [1.82, 2.24) is 5.32 Å². The zero-order valence-corrected chi connectivity index (χ0v) is 13.7. The van der Waals surface area contributed by atoms with Crippen LogP contribution in [0.3, 0.4) is 0 Å². The smallest absolute Gasteiger partial charge is 0.00966 e. The second kappa shape index (κ2) is 6.41. The average Bonchev–Trinajstić information content (AvgIpc) is 2.79. The molecule has 2 rings (SSSR count). The molecule has 1 N–H and O–H groups in total. The molecule has 3 unspecified atom stereocenters. The molecule has 0 aliphatic heterocycles. The van der Waals surface area contributed by atoms with E-state index in [1.165, 1.54) is 32.2 Å². The first kappa shape index (κ1) is 15.1. The maximum Gasteiger partial charge on any atom is 0.00966 e. The third-order valence-corrected chi connectivity index (χ3v) is 5.24. The van der Waals surface area contributed by atoms with Gasteiger partial charge in [-0.2, -0.15) is 0 Å². The van der Waals surface area contributed by atoms with E-state index in [4.69, 9.17) is 0 Å². The Morgan fingerprint density at radius 1 is 1.26 bits per heavy atom. The molecule has 1 heterocycles. The lowest BCUT2D eigenvalue weighted by Crippen LogP contribution is -2.42. The first-order chi connectivity index (χ1) is 8.94. The quantitative estimate of drug-likeness (QED) is 0.840. The maximum absolute atomic E-state index is 3.72. The zero-order chi connectivity index (χ0) is 13.9. The van der Waals surface area contributed by atoms with E-state index < -0.39 is 0 Å². The van der Waals surface area contributed by atoms with Crippen molar-refractivity contribution in [2.75, 3.05) is 6.54 Å². The lowest BCUT2D eigenvalue weighted by Gasteiger charge is -2.36. The van der Waals surface area contributed by atoms with Gasteiger partial charge in [-0.05, 0) is 75.8 Å². The predicted octanol–water partition coefficient (Wildman–Crippen LogP) is 4.73. The molecule has 1 nitrogen and oxygen atoms in total. The Morgan fingerprint density at radius 3 is 2.68 bits per heavy atom. The molecule has 1 aliphatic rings. The molecule has 0 spiro atoms. The van der Waals surface area contributed by atoms with Gasteiger partial charge in [0.2, 0.25) is 0 Å². The van der Waals surface area contributed by atoms with Crippen molar-refractivity contribution in [3.05, 3.63) is 22.4 Å². The molecule has 1 aliphatic carbocycles. The monoisotopic (exact) mass is 279 g/mol. The summed E-state index contributed by atoms with van der Waals surface area (Å²) in [5.74, 6) is 2.64. The van der Waals surface area contributed by atoms with Crippen molar-refractivity contribution in [3.63, 3.8) is 0 Å². The molecule has 108 valence electrons. The topological polar surface area (TPSA) is 12.0 Å². The predicted molar refractivity (Wildman–Crippen MR) is 85.8 cm³/mol. The standard InChI is InChI=1S/C17H29NS/c1-13-7-8-14(12-18-17(2,3)4)15(10-13)11-16-6-5-9-19-16/h5-6,9,13-15,18H,7-8,10-12H2,1-4H3. The SMILES string of the molecule is CC1CCC(CNC(C)(C)C)C(Cc2cccs2)C1. The van der Waals surface area contributed by atoms with E-state index in [2.05, 4.69) is 50.5 Å². The fourth-order valence-electron chi connectivity index (χ4n) is 3.20. The van der Waals surface area contributed by atoms with Crippen LogP contribution in [0.5, 0.6) is 0 Å². The van der Waals surface area contributed by atoms with Crippen LogP contribution < -0.4 is 5.32 Å². The largest absolute Gasteiger partial charge is 0.312 e. The minimum absolute atomic E-state index is 0.247. The summed E-state index contributed by atoms with van der Waals surface area (Å²) in [5, 5.41) is 5.93. The fourth-order valence-corrected chi connectivity index (χ4v) is 4.00. The summed E-state index contributed by atoms with van der Waals surface area (Å²) < 4.78 is 0. The van der Waals surface area contributed by atoms with E-state index in [1.807, 2.05) is 11.3 Å². The number of nitrogens with one attached hydrogen (secondary N) is 1. The van der Waals surface area contributed by atoms with E-state index in [-0.39, 0.29) is 5.54 Å². The summed E-state index contributed by atoms with van der Waals surface area (Å²) >= 11 is 1.92. The lowest BCUT2D eigenvalue weighted by atomic mass is 9.73. The number of thiophene rings is 1. The van der Waals surface area contributed by atoms with Gasteiger partial charge in [-0.3, -0.25) is 0 Å². The minimum Gasteiger partial charge on any atom is -0.312 e. The molecule has 0 radical (unpaired) electrons. The zero-order valence-electron chi connectivity index (χ0n) is 12.9. The molecule has 0 amide bonds. The second-order valence-electron chi connectivity index (χ2n) is 7.35. The van der Waals surface area contributed by atoms with Gasteiger partial charge in [-0.15, -0.1) is 11.3 Å². The van der Waals surface area contributed by atoms with E-state index >= 15 is 0 Å². The van der Waals surface area contributed by atoms with E-state index in [0.29, 0.717) is 0 Å². The highest BCUT2D eigenvalue weighted by Crippen LogP contribution is 2.36. The highest BCUT2D eigenvalue weighted by Gasteiger charge is 2.29. The van der Waals surface area contributed by atoms with Crippen molar-refractivity contribution in [3.8, 4) is 0 Å². The Morgan fingerprint density at radius 2 is 2.05 bits per heavy atom. The van der Waals surface area contributed by atoms with Crippen molar-refractivity contribution >= 4 is 11.3 Å². The Kier molecular flexibility index (Phi) is 5.08. The maximum atomic E-state index is 3.72. The van der Waals surface area contributed by atoms with Crippen LogP contribution in [-0.2, 0) is 6.42 Å². The molecular formula is C17H29NS. The van der Waals surface area contributed by atoms with E-state index in [9.17, 15) is 0 Å². The summed E-state index contributed by atoms with van der Waals surface area (Å²) in [6.45, 7) is 10.4. The van der Waals surface area contributed by atoms with Crippen LogP contribution in [0.25, 0.3) is 0 Å². The third kappa shape index (κ3) is 4.92. The molecule has 1 aromatic rings. The molecule has 1 aromatic heterocycles. The molecule has 0 bridgehead atoms. The Hall–Kier alpha value is -0.340. The Balaban J connectivity index is 1.94. The highest BCUT2D eigenvalue weighted by molar-refractivity contribution is 7.09. The van der Waals surface area contributed by atoms with Crippen LogP contribution in [-0.4, -0.2) is 12.1 Å². The van der Waals surface area contributed by atoms with Crippen LogP contribution in [0.15, 0.2) is 17.5 Å². The first-order valence-corrected chi connectivity index (χ1v) is 8.59. The molecule has 3 atom stereocenters. The Labute approximate surface area is 122 Å². The van der Waals surface area contributed by atoms with E-state index in [1.54, 1.807) is 4.88 Å². The molecule has 1 fully saturated rings. The van der Waals surface area contributed by atoms with Crippen molar-refractivity contribution < 1.29 is 0 Å². The second-order valence-corrected chi connectivity index (χ2v) is 8.39. The number of hydrogen-bond donors (Lipinski definition) is 1. The molecule has 19 heavy (non-hydrogen) atoms. The van der Waals surface area contributed by atoms with Crippen LogP contribution in [0.2, 0.25) is 0 Å². The van der Waals surface area contributed by atoms with Crippen LogP contribution in [0, 0.1) is 17.8 Å². The summed E-state index contributed by atoms with van der Waals surface area (Å²) in [6.07, 6.45) is 5.52. The highest BCUT2D eigenvalue weighted by atomic mass is 32.1. The molecule has 1 saturated carbocycles.